The van der Waals surface area contributed by atoms with Gasteiger partial charge >= 0.3 is 0 Å². The lowest BCUT2D eigenvalue weighted by atomic mass is 9.81. The third-order valence-corrected chi connectivity index (χ3v) is 7.55. The zero-order chi connectivity index (χ0) is 24.3. The van der Waals surface area contributed by atoms with E-state index >= 15 is 0 Å². The molecule has 2 amide bonds. The number of likely N-dealkylation sites (tertiary alicyclic amines) is 1. The quantitative estimate of drug-likeness (QED) is 0.541. The molecule has 2 aliphatic heterocycles. The van der Waals surface area contributed by atoms with Gasteiger partial charge in [-0.25, -0.2) is 0 Å². The average Bonchev–Trinajstić information content (AvgIpc) is 3.40. The Hall–Kier alpha value is -3.09. The zero-order valence-corrected chi connectivity index (χ0v) is 20.4. The number of carbonyl (C=O) groups excluding carboxylic acids is 2. The summed E-state index contributed by atoms with van der Waals surface area (Å²) in [6.45, 7) is 2.72. The van der Waals surface area contributed by atoms with Crippen molar-refractivity contribution >= 4 is 23.4 Å². The van der Waals surface area contributed by atoms with Crippen molar-refractivity contribution < 1.29 is 14.0 Å². The number of benzene rings is 2. The molecule has 1 aromatic heterocycles. The van der Waals surface area contributed by atoms with Crippen LogP contribution in [0.3, 0.4) is 0 Å². The number of hydrogen-bond donors (Lipinski definition) is 1. The molecule has 0 radical (unpaired) electrons. The smallest absolute Gasteiger partial charge is 0.246 e. The van der Waals surface area contributed by atoms with Crippen LogP contribution in [0.25, 0.3) is 0 Å². The van der Waals surface area contributed by atoms with Gasteiger partial charge in [0.05, 0.1) is 12.8 Å². The first kappa shape index (κ1) is 23.6. The summed E-state index contributed by atoms with van der Waals surface area (Å²) >= 11 is 6.00. The van der Waals surface area contributed by atoms with E-state index in [9.17, 15) is 9.59 Å². The summed E-state index contributed by atoms with van der Waals surface area (Å²) in [4.78, 5) is 31.5. The second-order valence-corrected chi connectivity index (χ2v) is 9.91. The molecule has 0 bridgehead atoms. The van der Waals surface area contributed by atoms with Crippen molar-refractivity contribution in [2.45, 2.75) is 43.8 Å². The minimum Gasteiger partial charge on any atom is -0.467 e. The van der Waals surface area contributed by atoms with Crippen molar-refractivity contribution in [3.05, 3.63) is 94.9 Å². The van der Waals surface area contributed by atoms with Crippen molar-refractivity contribution in [3.63, 3.8) is 0 Å². The molecular formula is C28H30ClN3O3. The van der Waals surface area contributed by atoms with E-state index in [0.717, 1.165) is 36.6 Å². The molecule has 6 nitrogen and oxygen atoms in total. The Kier molecular flexibility index (Phi) is 6.93. The molecule has 2 saturated heterocycles. The Labute approximate surface area is 210 Å². The first-order valence-corrected chi connectivity index (χ1v) is 12.6. The van der Waals surface area contributed by atoms with Crippen LogP contribution in [-0.2, 0) is 29.0 Å². The van der Waals surface area contributed by atoms with Crippen LogP contribution in [0.5, 0.6) is 0 Å². The third kappa shape index (κ3) is 5.14. The number of rotatable bonds is 7. The molecule has 1 unspecified atom stereocenters. The molecule has 7 heteroatoms. The summed E-state index contributed by atoms with van der Waals surface area (Å²) in [6.07, 6.45) is 4.21. The van der Waals surface area contributed by atoms with Gasteiger partial charge in [0, 0.05) is 31.1 Å². The predicted molar refractivity (Wildman–Crippen MR) is 135 cm³/mol. The van der Waals surface area contributed by atoms with Crippen LogP contribution in [0.4, 0.5) is 0 Å². The topological polar surface area (TPSA) is 65.8 Å². The van der Waals surface area contributed by atoms with Gasteiger partial charge in [0.15, 0.2) is 0 Å². The monoisotopic (exact) mass is 491 g/mol. The first-order chi connectivity index (χ1) is 17.0. The van der Waals surface area contributed by atoms with Gasteiger partial charge in [-0.2, -0.15) is 0 Å². The summed E-state index contributed by atoms with van der Waals surface area (Å²) < 4.78 is 5.58. The highest BCUT2D eigenvalue weighted by Crippen LogP contribution is 2.35. The number of hydrogen-bond acceptors (Lipinski definition) is 4. The average molecular weight is 492 g/mol. The molecule has 0 aliphatic carbocycles. The summed E-state index contributed by atoms with van der Waals surface area (Å²) in [6, 6.07) is 20.9. The van der Waals surface area contributed by atoms with Crippen LogP contribution < -0.4 is 5.32 Å². The van der Waals surface area contributed by atoms with Crippen LogP contribution >= 0.6 is 11.6 Å². The molecule has 2 aromatic carbocycles. The SMILES string of the molecule is O=C1C(Cc2ccccc2)NC(=O)C2(CCN(CCc3ccc(Cl)cc3)CC2)N1Cc1ccco1. The molecule has 1 spiro atoms. The highest BCUT2D eigenvalue weighted by molar-refractivity contribution is 6.30. The highest BCUT2D eigenvalue weighted by Gasteiger charge is 2.53. The Morgan fingerprint density at radius 3 is 2.37 bits per heavy atom. The zero-order valence-electron chi connectivity index (χ0n) is 19.7. The first-order valence-electron chi connectivity index (χ1n) is 12.2. The number of halogens is 1. The lowest BCUT2D eigenvalue weighted by Crippen LogP contribution is -2.72. The Morgan fingerprint density at radius 1 is 0.943 bits per heavy atom. The molecule has 182 valence electrons. The van der Waals surface area contributed by atoms with Crippen LogP contribution in [0.15, 0.2) is 77.4 Å². The second-order valence-electron chi connectivity index (χ2n) is 9.47. The van der Waals surface area contributed by atoms with Crippen molar-refractivity contribution in [1.29, 1.82) is 0 Å². The number of furan rings is 1. The molecule has 1 atom stereocenters. The molecule has 3 aromatic rings. The molecule has 3 heterocycles. The molecule has 35 heavy (non-hydrogen) atoms. The van der Waals surface area contributed by atoms with Crippen LogP contribution in [-0.4, -0.2) is 52.8 Å². The molecule has 2 aliphatic rings. The van der Waals surface area contributed by atoms with E-state index in [4.69, 9.17) is 16.0 Å². The Morgan fingerprint density at radius 2 is 1.69 bits per heavy atom. The maximum Gasteiger partial charge on any atom is 0.246 e. The fourth-order valence-electron chi connectivity index (χ4n) is 5.23. The van der Waals surface area contributed by atoms with E-state index in [2.05, 4.69) is 22.3 Å². The number of nitrogens with zero attached hydrogens (tertiary/aromatic N) is 2. The van der Waals surface area contributed by atoms with E-state index in [1.54, 1.807) is 11.2 Å². The summed E-state index contributed by atoms with van der Waals surface area (Å²) in [5.41, 5.74) is 1.41. The van der Waals surface area contributed by atoms with Crippen LogP contribution in [0, 0.1) is 0 Å². The van der Waals surface area contributed by atoms with E-state index in [0.29, 0.717) is 31.6 Å². The maximum atomic E-state index is 13.7. The minimum atomic E-state index is -0.853. The van der Waals surface area contributed by atoms with Gasteiger partial charge in [-0.05, 0) is 54.7 Å². The number of piperazine rings is 1. The van der Waals surface area contributed by atoms with Gasteiger partial charge < -0.3 is 19.5 Å². The van der Waals surface area contributed by atoms with E-state index in [1.807, 2.05) is 54.6 Å². The van der Waals surface area contributed by atoms with Crippen molar-refractivity contribution in [2.24, 2.45) is 0 Å². The van der Waals surface area contributed by atoms with Crippen LogP contribution in [0.2, 0.25) is 5.02 Å². The summed E-state index contributed by atoms with van der Waals surface area (Å²) in [7, 11) is 0. The van der Waals surface area contributed by atoms with Gasteiger partial charge in [-0.1, -0.05) is 54.1 Å². The second kappa shape index (κ2) is 10.3. The highest BCUT2D eigenvalue weighted by atomic mass is 35.5. The fourth-order valence-corrected chi connectivity index (χ4v) is 5.36. The number of nitrogens with one attached hydrogen (secondary N) is 1. The lowest BCUT2D eigenvalue weighted by molar-refractivity contribution is -0.162. The number of piperidine rings is 1. The van der Waals surface area contributed by atoms with Gasteiger partial charge in [-0.15, -0.1) is 0 Å². The molecule has 1 N–H and O–H groups in total. The molecule has 2 fully saturated rings. The van der Waals surface area contributed by atoms with Gasteiger partial charge in [-0.3, -0.25) is 9.59 Å². The fraction of sp³-hybridized carbons (Fsp3) is 0.357. The Balaban J connectivity index is 1.30. The normalized spacial score (nSPS) is 20.3. The van der Waals surface area contributed by atoms with E-state index in [-0.39, 0.29) is 11.8 Å². The van der Waals surface area contributed by atoms with Gasteiger partial charge in [0.2, 0.25) is 11.8 Å². The van der Waals surface area contributed by atoms with Crippen LogP contribution in [0.1, 0.15) is 29.7 Å². The van der Waals surface area contributed by atoms with Crippen molar-refractivity contribution in [2.75, 3.05) is 19.6 Å². The number of carbonyl (C=O) groups is 2. The molecule has 5 rings (SSSR count). The van der Waals surface area contributed by atoms with Gasteiger partial charge in [0.1, 0.15) is 17.3 Å². The summed E-state index contributed by atoms with van der Waals surface area (Å²) in [5, 5.41) is 3.81. The number of amides is 2. The molecular weight excluding hydrogens is 462 g/mol. The lowest BCUT2D eigenvalue weighted by Gasteiger charge is -2.51. The Bertz CT molecular complexity index is 1140. The minimum absolute atomic E-state index is 0.0422. The standard InChI is InChI=1S/C28H30ClN3O3/c29-23-10-8-21(9-11-23)12-15-31-16-13-28(14-17-31)27(34)30-25(19-22-5-2-1-3-6-22)26(33)32(28)20-24-7-4-18-35-24/h1-11,18,25H,12-17,19-20H2,(H,30,34). The van der Waals surface area contributed by atoms with Crippen molar-refractivity contribution in [3.8, 4) is 0 Å². The van der Waals surface area contributed by atoms with Gasteiger partial charge in [0.25, 0.3) is 0 Å². The largest absolute Gasteiger partial charge is 0.467 e. The third-order valence-electron chi connectivity index (χ3n) is 7.30. The van der Waals surface area contributed by atoms with E-state index < -0.39 is 11.6 Å². The molecule has 0 saturated carbocycles. The van der Waals surface area contributed by atoms with E-state index in [1.165, 1.54) is 5.56 Å². The maximum absolute atomic E-state index is 13.7. The van der Waals surface area contributed by atoms with Crippen molar-refractivity contribution in [1.82, 2.24) is 15.1 Å². The predicted octanol–water partition coefficient (Wildman–Crippen LogP) is 4.08. The summed E-state index contributed by atoms with van der Waals surface area (Å²) in [5.74, 6) is 0.595.